The maximum absolute atomic E-state index is 11.2. The molecule has 1 aromatic carbocycles. The number of fused-ring (bicyclic) bond motifs is 1. The van der Waals surface area contributed by atoms with Crippen molar-refractivity contribution in [1.29, 1.82) is 0 Å². The van der Waals surface area contributed by atoms with Crippen LogP contribution in [0.25, 0.3) is 10.9 Å². The minimum atomic E-state index is 0.157. The van der Waals surface area contributed by atoms with Gasteiger partial charge in [0.05, 0.1) is 0 Å². The molecule has 0 saturated carbocycles. The van der Waals surface area contributed by atoms with Crippen LogP contribution in [-0.4, -0.2) is 16.5 Å². The van der Waals surface area contributed by atoms with E-state index in [1.807, 2.05) is 19.1 Å². The van der Waals surface area contributed by atoms with Crippen LogP contribution in [0.15, 0.2) is 24.3 Å². The molecule has 3 heteroatoms. The van der Waals surface area contributed by atoms with Gasteiger partial charge in [0.15, 0.2) is 0 Å². The number of aromatic nitrogens is 1. The lowest BCUT2D eigenvalue weighted by atomic mass is 10.1. The van der Waals surface area contributed by atoms with E-state index in [9.17, 15) is 4.79 Å². The van der Waals surface area contributed by atoms with Gasteiger partial charge < -0.3 is 4.98 Å². The molecule has 0 radical (unpaired) electrons. The first kappa shape index (κ1) is 10.3. The quantitative estimate of drug-likeness (QED) is 0.764. The molecule has 1 N–H and O–H groups in total. The summed E-state index contributed by atoms with van der Waals surface area (Å²) in [6.07, 6.45) is 0.476. The Hall–Kier alpha value is -1.22. The summed E-state index contributed by atoms with van der Waals surface area (Å²) < 4.78 is 0. The Kier molecular flexibility index (Phi) is 2.82. The number of aryl methyl sites for hydroxylation is 1. The maximum atomic E-state index is 11.2. The van der Waals surface area contributed by atoms with Crippen LogP contribution in [0, 0.1) is 6.92 Å². The van der Waals surface area contributed by atoms with Crippen LogP contribution in [0.4, 0.5) is 0 Å². The zero-order chi connectivity index (χ0) is 10.8. The lowest BCUT2D eigenvalue weighted by molar-refractivity contribution is -0.115. The largest absolute Gasteiger partial charge is 0.359 e. The topological polar surface area (TPSA) is 32.9 Å². The highest BCUT2D eigenvalue weighted by Gasteiger charge is 2.03. The lowest BCUT2D eigenvalue weighted by Gasteiger charge is -1.98. The molecule has 2 aromatic rings. The SMILES string of the molecule is Cc1cc2cc(CC(=O)CS)ccc2[nH]1. The average Bonchev–Trinajstić information content (AvgIpc) is 2.57. The number of benzene rings is 1. The van der Waals surface area contributed by atoms with E-state index < -0.39 is 0 Å². The summed E-state index contributed by atoms with van der Waals surface area (Å²) in [5.74, 6) is 0.467. The monoisotopic (exact) mass is 219 g/mol. The molecule has 0 aliphatic rings. The van der Waals surface area contributed by atoms with Crippen LogP contribution in [0.3, 0.4) is 0 Å². The third-order valence-corrected chi connectivity index (χ3v) is 2.75. The Morgan fingerprint density at radius 2 is 2.20 bits per heavy atom. The van der Waals surface area contributed by atoms with E-state index in [0.717, 1.165) is 22.2 Å². The van der Waals surface area contributed by atoms with Crippen LogP contribution in [-0.2, 0) is 11.2 Å². The van der Waals surface area contributed by atoms with E-state index in [4.69, 9.17) is 0 Å². The van der Waals surface area contributed by atoms with Crippen molar-refractivity contribution in [1.82, 2.24) is 4.98 Å². The van der Waals surface area contributed by atoms with Crippen LogP contribution in [0.1, 0.15) is 11.3 Å². The summed E-state index contributed by atoms with van der Waals surface area (Å²) >= 11 is 3.97. The molecule has 1 aromatic heterocycles. The summed E-state index contributed by atoms with van der Waals surface area (Å²) in [5.41, 5.74) is 3.32. The average molecular weight is 219 g/mol. The molecular weight excluding hydrogens is 206 g/mol. The first-order valence-corrected chi connectivity index (χ1v) is 5.53. The third kappa shape index (κ3) is 2.23. The molecule has 0 aliphatic carbocycles. The van der Waals surface area contributed by atoms with Gasteiger partial charge in [-0.2, -0.15) is 12.6 Å². The number of H-pyrrole nitrogens is 1. The van der Waals surface area contributed by atoms with Crippen LogP contribution < -0.4 is 0 Å². The van der Waals surface area contributed by atoms with E-state index >= 15 is 0 Å². The Bertz CT molecular complexity index is 501. The predicted octanol–water partition coefficient (Wildman–Crippen LogP) is 2.52. The van der Waals surface area contributed by atoms with Crippen molar-refractivity contribution in [2.75, 3.05) is 5.75 Å². The fourth-order valence-electron chi connectivity index (χ4n) is 1.72. The van der Waals surface area contributed by atoms with Gasteiger partial charge in [-0.05, 0) is 36.1 Å². The van der Waals surface area contributed by atoms with Crippen molar-refractivity contribution in [3.05, 3.63) is 35.5 Å². The number of hydrogen-bond donors (Lipinski definition) is 2. The number of carbonyl (C=O) groups excluding carboxylic acids is 1. The molecule has 0 fully saturated rings. The van der Waals surface area contributed by atoms with Gasteiger partial charge in [-0.25, -0.2) is 0 Å². The second-order valence-corrected chi connectivity index (χ2v) is 4.06. The Morgan fingerprint density at radius 1 is 1.40 bits per heavy atom. The summed E-state index contributed by atoms with van der Waals surface area (Å²) in [7, 11) is 0. The molecule has 0 unspecified atom stereocenters. The number of thiol groups is 1. The van der Waals surface area contributed by atoms with Crippen LogP contribution in [0.5, 0.6) is 0 Å². The molecule has 2 nitrogen and oxygen atoms in total. The van der Waals surface area contributed by atoms with Crippen molar-refractivity contribution in [3.63, 3.8) is 0 Å². The Labute approximate surface area is 94.1 Å². The minimum Gasteiger partial charge on any atom is -0.359 e. The summed E-state index contributed by atoms with van der Waals surface area (Å²) in [6, 6.07) is 8.15. The summed E-state index contributed by atoms with van der Waals surface area (Å²) in [4.78, 5) is 14.5. The molecule has 0 saturated heterocycles. The molecule has 0 spiro atoms. The van der Waals surface area contributed by atoms with Gasteiger partial charge in [-0.15, -0.1) is 0 Å². The number of Topliss-reactive ketones (excluding diaryl/α,β-unsaturated/α-hetero) is 1. The van der Waals surface area contributed by atoms with Gasteiger partial charge in [0.2, 0.25) is 0 Å². The highest BCUT2D eigenvalue weighted by Crippen LogP contribution is 2.17. The van der Waals surface area contributed by atoms with Crippen molar-refractivity contribution in [2.45, 2.75) is 13.3 Å². The second kappa shape index (κ2) is 4.11. The second-order valence-electron chi connectivity index (χ2n) is 3.75. The van der Waals surface area contributed by atoms with Gasteiger partial charge in [0.1, 0.15) is 5.78 Å². The van der Waals surface area contributed by atoms with Crippen molar-refractivity contribution < 1.29 is 4.79 Å². The molecule has 0 bridgehead atoms. The Morgan fingerprint density at radius 3 is 2.93 bits per heavy atom. The summed E-state index contributed by atoms with van der Waals surface area (Å²) in [5, 5.41) is 1.16. The first-order chi connectivity index (χ1) is 7.19. The Balaban J connectivity index is 2.33. The predicted molar refractivity (Wildman–Crippen MR) is 65.6 cm³/mol. The molecule has 15 heavy (non-hydrogen) atoms. The molecule has 1 heterocycles. The van der Waals surface area contributed by atoms with E-state index in [-0.39, 0.29) is 5.78 Å². The number of ketones is 1. The van der Waals surface area contributed by atoms with Gasteiger partial charge in [-0.1, -0.05) is 6.07 Å². The minimum absolute atomic E-state index is 0.157. The zero-order valence-electron chi connectivity index (χ0n) is 8.58. The van der Waals surface area contributed by atoms with Crippen molar-refractivity contribution in [3.8, 4) is 0 Å². The van der Waals surface area contributed by atoms with Gasteiger partial charge in [0.25, 0.3) is 0 Å². The first-order valence-electron chi connectivity index (χ1n) is 4.90. The maximum Gasteiger partial charge on any atom is 0.146 e. The normalized spacial score (nSPS) is 10.8. The van der Waals surface area contributed by atoms with Gasteiger partial charge >= 0.3 is 0 Å². The summed E-state index contributed by atoms with van der Waals surface area (Å²) in [6.45, 7) is 2.03. The number of nitrogens with one attached hydrogen (secondary N) is 1. The van der Waals surface area contributed by atoms with Gasteiger partial charge in [-0.3, -0.25) is 4.79 Å². The van der Waals surface area contributed by atoms with Crippen molar-refractivity contribution in [2.24, 2.45) is 0 Å². The number of carbonyl (C=O) groups is 1. The highest BCUT2D eigenvalue weighted by molar-refractivity contribution is 7.81. The molecule has 0 atom stereocenters. The molecule has 78 valence electrons. The van der Waals surface area contributed by atoms with Gasteiger partial charge in [0, 0.05) is 23.4 Å². The van der Waals surface area contributed by atoms with Crippen LogP contribution >= 0.6 is 12.6 Å². The molecule has 0 aliphatic heterocycles. The highest BCUT2D eigenvalue weighted by atomic mass is 32.1. The van der Waals surface area contributed by atoms with E-state index in [2.05, 4.69) is 29.7 Å². The van der Waals surface area contributed by atoms with Crippen LogP contribution in [0.2, 0.25) is 0 Å². The number of hydrogen-bond acceptors (Lipinski definition) is 2. The molecule has 2 rings (SSSR count). The third-order valence-electron chi connectivity index (χ3n) is 2.40. The molecule has 0 amide bonds. The lowest BCUT2D eigenvalue weighted by Crippen LogP contribution is -2.03. The number of aromatic amines is 1. The van der Waals surface area contributed by atoms with E-state index in [1.165, 1.54) is 0 Å². The zero-order valence-corrected chi connectivity index (χ0v) is 9.47. The molecular formula is C12H13NOS. The van der Waals surface area contributed by atoms with E-state index in [0.29, 0.717) is 12.2 Å². The fraction of sp³-hybridized carbons (Fsp3) is 0.250. The van der Waals surface area contributed by atoms with E-state index in [1.54, 1.807) is 0 Å². The standard InChI is InChI=1S/C12H13NOS/c1-8-4-10-5-9(6-11(14)7-15)2-3-12(10)13-8/h2-5,13,15H,6-7H2,1H3. The fourth-order valence-corrected chi connectivity index (χ4v) is 1.83. The van der Waals surface area contributed by atoms with Crippen molar-refractivity contribution >= 4 is 29.3 Å². The smallest absolute Gasteiger partial charge is 0.146 e. The number of rotatable bonds is 3.